The van der Waals surface area contributed by atoms with Crippen molar-refractivity contribution >= 4 is 44.6 Å². The molecule has 2 aromatic carbocycles. The van der Waals surface area contributed by atoms with Crippen LogP contribution in [0.1, 0.15) is 28.4 Å². The molecular formula is C22H22N2O5S. The first-order valence-electron chi connectivity index (χ1n) is 9.18. The highest BCUT2D eigenvalue weighted by Crippen LogP contribution is 2.34. The van der Waals surface area contributed by atoms with E-state index in [-0.39, 0.29) is 5.56 Å². The molecule has 1 heterocycles. The SMILES string of the molecule is C/C=C/c1cc(C(=O)OCC(=O)Nc2nc3ccc(C)cc3s2)cc(OC)c1OC. The smallest absolute Gasteiger partial charge is 0.338 e. The number of carbonyl (C=O) groups excluding carboxylic acids is 2. The number of nitrogens with zero attached hydrogens (tertiary/aromatic N) is 1. The van der Waals surface area contributed by atoms with Crippen LogP contribution in [0, 0.1) is 6.92 Å². The summed E-state index contributed by atoms with van der Waals surface area (Å²) in [6, 6.07) is 9.00. The lowest BCUT2D eigenvalue weighted by atomic mass is 10.1. The van der Waals surface area contributed by atoms with Crippen LogP contribution in [0.5, 0.6) is 11.5 Å². The lowest BCUT2D eigenvalue weighted by Crippen LogP contribution is -2.21. The minimum absolute atomic E-state index is 0.254. The number of aromatic nitrogens is 1. The number of fused-ring (bicyclic) bond motifs is 1. The van der Waals surface area contributed by atoms with Gasteiger partial charge >= 0.3 is 5.97 Å². The summed E-state index contributed by atoms with van der Waals surface area (Å²) in [5.74, 6) is -0.199. The summed E-state index contributed by atoms with van der Waals surface area (Å²) in [7, 11) is 3.01. The Labute approximate surface area is 178 Å². The largest absolute Gasteiger partial charge is 0.493 e. The Kier molecular flexibility index (Phi) is 6.68. The first kappa shape index (κ1) is 21.3. The van der Waals surface area contributed by atoms with E-state index in [2.05, 4.69) is 10.3 Å². The van der Waals surface area contributed by atoms with Crippen molar-refractivity contribution in [3.63, 3.8) is 0 Å². The van der Waals surface area contributed by atoms with Crippen LogP contribution in [0.15, 0.2) is 36.4 Å². The van der Waals surface area contributed by atoms with E-state index in [1.54, 1.807) is 12.1 Å². The molecule has 0 aliphatic rings. The van der Waals surface area contributed by atoms with Gasteiger partial charge in [-0.1, -0.05) is 29.6 Å². The number of methoxy groups -OCH3 is 2. The molecule has 0 aliphatic carbocycles. The summed E-state index contributed by atoms with van der Waals surface area (Å²) in [5, 5.41) is 3.12. The highest BCUT2D eigenvalue weighted by atomic mass is 32.1. The van der Waals surface area contributed by atoms with Crippen LogP contribution in [-0.4, -0.2) is 37.7 Å². The third-order valence-corrected chi connectivity index (χ3v) is 5.15. The molecule has 0 fully saturated rings. The van der Waals surface area contributed by atoms with Crippen molar-refractivity contribution in [2.45, 2.75) is 13.8 Å². The van der Waals surface area contributed by atoms with Crippen molar-refractivity contribution < 1.29 is 23.8 Å². The van der Waals surface area contributed by atoms with Gasteiger partial charge in [0.1, 0.15) is 0 Å². The second kappa shape index (κ2) is 9.41. The predicted molar refractivity (Wildman–Crippen MR) is 118 cm³/mol. The van der Waals surface area contributed by atoms with E-state index in [4.69, 9.17) is 14.2 Å². The van der Waals surface area contributed by atoms with Crippen molar-refractivity contribution in [3.05, 3.63) is 53.1 Å². The van der Waals surface area contributed by atoms with Gasteiger partial charge in [0.15, 0.2) is 23.2 Å². The Morgan fingerprint density at radius 3 is 2.67 bits per heavy atom. The average molecular weight is 426 g/mol. The maximum Gasteiger partial charge on any atom is 0.338 e. The molecule has 1 aromatic heterocycles. The zero-order chi connectivity index (χ0) is 21.7. The zero-order valence-corrected chi connectivity index (χ0v) is 18.0. The first-order chi connectivity index (χ1) is 14.4. The molecule has 0 aliphatic heterocycles. The number of ether oxygens (including phenoxy) is 3. The van der Waals surface area contributed by atoms with Crippen molar-refractivity contribution in [1.29, 1.82) is 0 Å². The summed E-state index contributed by atoms with van der Waals surface area (Å²) in [5.41, 5.74) is 2.84. The van der Waals surface area contributed by atoms with Gasteiger partial charge in [-0.05, 0) is 43.7 Å². The first-order valence-corrected chi connectivity index (χ1v) is 9.99. The molecule has 0 saturated heterocycles. The topological polar surface area (TPSA) is 86.8 Å². The maximum atomic E-state index is 12.5. The lowest BCUT2D eigenvalue weighted by Gasteiger charge is -2.13. The van der Waals surface area contributed by atoms with Gasteiger partial charge < -0.3 is 14.2 Å². The number of carbonyl (C=O) groups is 2. The van der Waals surface area contributed by atoms with E-state index in [0.717, 1.165) is 15.8 Å². The van der Waals surface area contributed by atoms with Gasteiger partial charge in [0, 0.05) is 5.56 Å². The third-order valence-electron chi connectivity index (χ3n) is 4.21. The number of allylic oxidation sites excluding steroid dienone is 1. The molecular weight excluding hydrogens is 404 g/mol. The van der Waals surface area contributed by atoms with Gasteiger partial charge in [-0.3, -0.25) is 10.1 Å². The van der Waals surface area contributed by atoms with Gasteiger partial charge in [0.05, 0.1) is 30.0 Å². The number of benzene rings is 2. The monoisotopic (exact) mass is 426 g/mol. The van der Waals surface area contributed by atoms with Crippen LogP contribution < -0.4 is 14.8 Å². The lowest BCUT2D eigenvalue weighted by molar-refractivity contribution is -0.119. The van der Waals surface area contributed by atoms with Crippen LogP contribution >= 0.6 is 11.3 Å². The van der Waals surface area contributed by atoms with E-state index in [0.29, 0.717) is 22.2 Å². The second-order valence-electron chi connectivity index (χ2n) is 6.42. The normalized spacial score (nSPS) is 10.9. The maximum absolute atomic E-state index is 12.5. The van der Waals surface area contributed by atoms with Crippen LogP contribution in [0.25, 0.3) is 16.3 Å². The average Bonchev–Trinajstić information content (AvgIpc) is 3.12. The Balaban J connectivity index is 1.68. The fourth-order valence-electron chi connectivity index (χ4n) is 2.87. The highest BCUT2D eigenvalue weighted by molar-refractivity contribution is 7.22. The van der Waals surface area contributed by atoms with Crippen molar-refractivity contribution in [2.75, 3.05) is 26.1 Å². The summed E-state index contributed by atoms with van der Waals surface area (Å²) < 4.78 is 16.8. The van der Waals surface area contributed by atoms with Crippen LogP contribution in [0.2, 0.25) is 0 Å². The van der Waals surface area contributed by atoms with E-state index in [1.807, 2.05) is 38.1 Å². The van der Waals surface area contributed by atoms with Crippen molar-refractivity contribution in [1.82, 2.24) is 4.98 Å². The van der Waals surface area contributed by atoms with E-state index >= 15 is 0 Å². The molecule has 8 heteroatoms. The van der Waals surface area contributed by atoms with Crippen LogP contribution in [-0.2, 0) is 9.53 Å². The molecule has 0 bridgehead atoms. The summed E-state index contributed by atoms with van der Waals surface area (Å²) in [6.45, 7) is 3.42. The summed E-state index contributed by atoms with van der Waals surface area (Å²) >= 11 is 1.37. The Bertz CT molecular complexity index is 1120. The number of rotatable bonds is 7. The van der Waals surface area contributed by atoms with Gasteiger partial charge in [0.2, 0.25) is 0 Å². The van der Waals surface area contributed by atoms with E-state index in [1.165, 1.54) is 31.6 Å². The Morgan fingerprint density at radius 1 is 1.17 bits per heavy atom. The number of aryl methyl sites for hydroxylation is 1. The molecule has 3 rings (SSSR count). The highest BCUT2D eigenvalue weighted by Gasteiger charge is 2.17. The van der Waals surface area contributed by atoms with Gasteiger partial charge in [-0.15, -0.1) is 0 Å². The van der Waals surface area contributed by atoms with Gasteiger partial charge in [-0.2, -0.15) is 0 Å². The number of hydrogen-bond acceptors (Lipinski definition) is 7. The molecule has 0 radical (unpaired) electrons. The fourth-order valence-corrected chi connectivity index (χ4v) is 3.85. The van der Waals surface area contributed by atoms with Crippen LogP contribution in [0.3, 0.4) is 0 Å². The quantitative estimate of drug-likeness (QED) is 0.562. The molecule has 7 nitrogen and oxygen atoms in total. The zero-order valence-electron chi connectivity index (χ0n) is 17.1. The minimum Gasteiger partial charge on any atom is -0.493 e. The van der Waals surface area contributed by atoms with Crippen LogP contribution in [0.4, 0.5) is 5.13 Å². The fraction of sp³-hybridized carbons (Fsp3) is 0.227. The molecule has 0 saturated carbocycles. The number of thiazole rings is 1. The predicted octanol–water partition coefficient (Wildman–Crippen LogP) is 4.45. The molecule has 30 heavy (non-hydrogen) atoms. The minimum atomic E-state index is -0.642. The van der Waals surface area contributed by atoms with Crippen molar-refractivity contribution in [2.24, 2.45) is 0 Å². The molecule has 156 valence electrons. The Hall–Kier alpha value is -3.39. The van der Waals surface area contributed by atoms with Crippen molar-refractivity contribution in [3.8, 4) is 11.5 Å². The number of nitrogens with one attached hydrogen (secondary N) is 1. The molecule has 0 atom stereocenters. The summed E-state index contributed by atoms with van der Waals surface area (Å²) in [6.07, 6.45) is 3.61. The third kappa shape index (κ3) is 4.77. The molecule has 0 unspecified atom stereocenters. The number of hydrogen-bond donors (Lipinski definition) is 1. The van der Waals surface area contributed by atoms with E-state index in [9.17, 15) is 9.59 Å². The second-order valence-corrected chi connectivity index (χ2v) is 7.45. The number of esters is 1. The van der Waals surface area contributed by atoms with Gasteiger partial charge in [0.25, 0.3) is 5.91 Å². The van der Waals surface area contributed by atoms with E-state index < -0.39 is 18.5 Å². The molecule has 1 amide bonds. The molecule has 1 N–H and O–H groups in total. The molecule has 3 aromatic rings. The molecule has 0 spiro atoms. The summed E-state index contributed by atoms with van der Waals surface area (Å²) in [4.78, 5) is 29.0. The standard InChI is InChI=1S/C22H22N2O5S/c1-5-6-14-10-15(11-17(27-3)20(14)28-4)21(26)29-12-19(25)24-22-23-16-8-7-13(2)9-18(16)30-22/h5-11H,12H2,1-4H3,(H,23,24,25)/b6-5+. The van der Waals surface area contributed by atoms with Gasteiger partial charge in [-0.25, -0.2) is 9.78 Å². The number of anilines is 1. The number of amides is 1. The Morgan fingerprint density at radius 2 is 1.97 bits per heavy atom.